The lowest BCUT2D eigenvalue weighted by molar-refractivity contribution is -0.137. The molecule has 4 heteroatoms. The Balaban J connectivity index is 2.40. The van der Waals surface area contributed by atoms with E-state index in [1.807, 2.05) is 0 Å². The van der Waals surface area contributed by atoms with Gasteiger partial charge in [0, 0.05) is 39.6 Å². The molecule has 0 spiro atoms. The van der Waals surface area contributed by atoms with Gasteiger partial charge in [-0.3, -0.25) is 4.79 Å². The fourth-order valence-corrected chi connectivity index (χ4v) is 1.84. The molecule has 1 amide bonds. The molecule has 1 atom stereocenters. The summed E-state index contributed by atoms with van der Waals surface area (Å²) in [5.74, 6) is 0.166. The number of hydrogen-bond donors (Lipinski definition) is 1. The first-order chi connectivity index (χ1) is 7.05. The minimum atomic E-state index is -0.830. The third-order valence-electron chi connectivity index (χ3n) is 2.80. The molecule has 0 aliphatic carbocycles. The summed E-state index contributed by atoms with van der Waals surface area (Å²) in [6.45, 7) is 3.49. The van der Waals surface area contributed by atoms with Crippen molar-refractivity contribution in [2.45, 2.75) is 38.2 Å². The standard InChI is InChI=1S/C11H21NO3/c1-11(14,6-8-15-2)9-12-7-4-3-5-10(12)13/h14H,3-9H2,1-2H3. The molecule has 0 bridgehead atoms. The molecular formula is C11H21NO3. The zero-order valence-electron chi connectivity index (χ0n) is 9.66. The fourth-order valence-electron chi connectivity index (χ4n) is 1.84. The highest BCUT2D eigenvalue weighted by atomic mass is 16.5. The molecule has 1 rings (SSSR count). The molecule has 0 aromatic rings. The number of rotatable bonds is 5. The van der Waals surface area contributed by atoms with Crippen LogP contribution in [0.4, 0.5) is 0 Å². The highest BCUT2D eigenvalue weighted by Crippen LogP contribution is 2.17. The molecule has 15 heavy (non-hydrogen) atoms. The van der Waals surface area contributed by atoms with Gasteiger partial charge in [0.2, 0.25) is 5.91 Å². The minimum Gasteiger partial charge on any atom is -0.388 e. The van der Waals surface area contributed by atoms with Gasteiger partial charge >= 0.3 is 0 Å². The van der Waals surface area contributed by atoms with Gasteiger partial charge in [-0.2, -0.15) is 0 Å². The summed E-state index contributed by atoms with van der Waals surface area (Å²) in [6.07, 6.45) is 3.22. The second-order valence-corrected chi connectivity index (χ2v) is 4.51. The lowest BCUT2D eigenvalue weighted by Crippen LogP contribution is -2.46. The topological polar surface area (TPSA) is 49.8 Å². The van der Waals surface area contributed by atoms with Gasteiger partial charge in [0.1, 0.15) is 0 Å². The predicted octanol–water partition coefficient (Wildman–Crippen LogP) is 0.786. The number of carbonyl (C=O) groups excluding carboxylic acids is 1. The van der Waals surface area contributed by atoms with E-state index in [1.54, 1.807) is 18.9 Å². The molecule has 1 aliphatic rings. The fraction of sp³-hybridized carbons (Fsp3) is 0.909. The summed E-state index contributed by atoms with van der Waals surface area (Å²) in [6, 6.07) is 0. The molecule has 0 saturated carbocycles. The van der Waals surface area contributed by atoms with Gasteiger partial charge < -0.3 is 14.7 Å². The molecule has 1 N–H and O–H groups in total. The van der Waals surface area contributed by atoms with Crippen molar-refractivity contribution in [3.05, 3.63) is 0 Å². The van der Waals surface area contributed by atoms with E-state index in [0.717, 1.165) is 19.4 Å². The number of likely N-dealkylation sites (tertiary alicyclic amines) is 1. The van der Waals surface area contributed by atoms with Crippen molar-refractivity contribution >= 4 is 5.91 Å². The molecule has 1 saturated heterocycles. The lowest BCUT2D eigenvalue weighted by atomic mass is 10.0. The molecule has 0 aromatic carbocycles. The summed E-state index contributed by atoms with van der Waals surface area (Å²) in [4.78, 5) is 13.3. The smallest absolute Gasteiger partial charge is 0.222 e. The average molecular weight is 215 g/mol. The maximum Gasteiger partial charge on any atom is 0.222 e. The lowest BCUT2D eigenvalue weighted by Gasteiger charge is -2.33. The summed E-state index contributed by atoms with van der Waals surface area (Å²) < 4.78 is 4.93. The van der Waals surface area contributed by atoms with Gasteiger partial charge in [0.15, 0.2) is 0 Å². The first kappa shape index (κ1) is 12.5. The van der Waals surface area contributed by atoms with Gasteiger partial charge in [0.25, 0.3) is 0 Å². The van der Waals surface area contributed by atoms with E-state index in [0.29, 0.717) is 26.0 Å². The molecule has 88 valence electrons. The van der Waals surface area contributed by atoms with Crippen molar-refractivity contribution in [3.63, 3.8) is 0 Å². The van der Waals surface area contributed by atoms with E-state index in [4.69, 9.17) is 4.74 Å². The van der Waals surface area contributed by atoms with Crippen LogP contribution >= 0.6 is 0 Å². The number of β-amino-alcohol motifs (C(OH)–C–C–N with tert-alkyl or cyclic N) is 1. The van der Waals surface area contributed by atoms with E-state index in [-0.39, 0.29) is 5.91 Å². The van der Waals surface area contributed by atoms with E-state index in [9.17, 15) is 9.90 Å². The normalized spacial score (nSPS) is 21.5. The summed E-state index contributed by atoms with van der Waals surface area (Å²) in [5, 5.41) is 10.0. The van der Waals surface area contributed by atoms with Crippen molar-refractivity contribution in [1.82, 2.24) is 4.90 Å². The van der Waals surface area contributed by atoms with Gasteiger partial charge in [0.05, 0.1) is 5.60 Å². The summed E-state index contributed by atoms with van der Waals surface area (Å²) in [5.41, 5.74) is -0.830. The number of aliphatic hydroxyl groups is 1. The Morgan fingerprint density at radius 1 is 1.53 bits per heavy atom. The van der Waals surface area contributed by atoms with Gasteiger partial charge in [-0.05, 0) is 19.8 Å². The van der Waals surface area contributed by atoms with Crippen LogP contribution < -0.4 is 0 Å². The van der Waals surface area contributed by atoms with Crippen molar-refractivity contribution in [2.24, 2.45) is 0 Å². The van der Waals surface area contributed by atoms with Crippen LogP contribution in [0.2, 0.25) is 0 Å². The largest absolute Gasteiger partial charge is 0.388 e. The number of nitrogens with zero attached hydrogens (tertiary/aromatic N) is 1. The van der Waals surface area contributed by atoms with Crippen LogP contribution in [0, 0.1) is 0 Å². The van der Waals surface area contributed by atoms with Crippen LogP contribution in [0.25, 0.3) is 0 Å². The number of piperidine rings is 1. The van der Waals surface area contributed by atoms with E-state index < -0.39 is 5.60 Å². The van der Waals surface area contributed by atoms with Gasteiger partial charge in [-0.25, -0.2) is 0 Å². The SMILES string of the molecule is COCCC(C)(O)CN1CCCCC1=O. The van der Waals surface area contributed by atoms with E-state index in [2.05, 4.69) is 0 Å². The highest BCUT2D eigenvalue weighted by molar-refractivity contribution is 5.76. The number of amides is 1. The first-order valence-corrected chi connectivity index (χ1v) is 5.54. The summed E-state index contributed by atoms with van der Waals surface area (Å²) >= 11 is 0. The van der Waals surface area contributed by atoms with Crippen LogP contribution in [0.3, 0.4) is 0 Å². The number of ether oxygens (including phenoxy) is 1. The van der Waals surface area contributed by atoms with Crippen molar-refractivity contribution in [3.8, 4) is 0 Å². The van der Waals surface area contributed by atoms with E-state index >= 15 is 0 Å². The summed E-state index contributed by atoms with van der Waals surface area (Å²) in [7, 11) is 1.61. The van der Waals surface area contributed by atoms with Crippen LogP contribution in [-0.2, 0) is 9.53 Å². The first-order valence-electron chi connectivity index (χ1n) is 5.54. The molecule has 1 fully saturated rings. The van der Waals surface area contributed by atoms with Crippen LogP contribution in [0.5, 0.6) is 0 Å². The molecule has 0 radical (unpaired) electrons. The average Bonchev–Trinajstić information content (AvgIpc) is 2.18. The Labute approximate surface area is 91.2 Å². The van der Waals surface area contributed by atoms with Crippen molar-refractivity contribution in [2.75, 3.05) is 26.8 Å². The van der Waals surface area contributed by atoms with Crippen molar-refractivity contribution in [1.29, 1.82) is 0 Å². The minimum absolute atomic E-state index is 0.166. The third-order valence-corrected chi connectivity index (χ3v) is 2.80. The van der Waals surface area contributed by atoms with Gasteiger partial charge in [-0.1, -0.05) is 0 Å². The van der Waals surface area contributed by atoms with Crippen LogP contribution in [-0.4, -0.2) is 48.3 Å². The predicted molar refractivity (Wildman–Crippen MR) is 57.5 cm³/mol. The van der Waals surface area contributed by atoms with Crippen LogP contribution in [0.1, 0.15) is 32.6 Å². The van der Waals surface area contributed by atoms with E-state index in [1.165, 1.54) is 0 Å². The zero-order valence-corrected chi connectivity index (χ0v) is 9.66. The second-order valence-electron chi connectivity index (χ2n) is 4.51. The molecule has 1 heterocycles. The Hall–Kier alpha value is -0.610. The Kier molecular flexibility index (Phi) is 4.54. The maximum atomic E-state index is 11.5. The van der Waals surface area contributed by atoms with Crippen molar-refractivity contribution < 1.29 is 14.6 Å². The Morgan fingerprint density at radius 3 is 2.87 bits per heavy atom. The van der Waals surface area contributed by atoms with Crippen LogP contribution in [0.15, 0.2) is 0 Å². The Bertz CT molecular complexity index is 216. The zero-order chi connectivity index (χ0) is 11.3. The molecular weight excluding hydrogens is 194 g/mol. The number of carbonyl (C=O) groups is 1. The second kappa shape index (κ2) is 5.47. The molecule has 1 unspecified atom stereocenters. The molecule has 4 nitrogen and oxygen atoms in total. The Morgan fingerprint density at radius 2 is 2.27 bits per heavy atom. The highest BCUT2D eigenvalue weighted by Gasteiger charge is 2.27. The molecule has 1 aliphatic heterocycles. The van der Waals surface area contributed by atoms with Gasteiger partial charge in [-0.15, -0.1) is 0 Å². The third kappa shape index (κ3) is 4.18. The maximum absolute atomic E-state index is 11.5. The monoisotopic (exact) mass is 215 g/mol. The number of hydrogen-bond acceptors (Lipinski definition) is 3. The number of methoxy groups -OCH3 is 1. The quantitative estimate of drug-likeness (QED) is 0.737. The molecule has 0 aromatic heterocycles.